The number of pyridine rings is 1. The minimum atomic E-state index is -0.785. The molecule has 0 unspecified atom stereocenters. The van der Waals surface area contributed by atoms with Crippen molar-refractivity contribution >= 4 is 23.7 Å². The van der Waals surface area contributed by atoms with Crippen molar-refractivity contribution in [2.24, 2.45) is 18.0 Å². The zero-order chi connectivity index (χ0) is 24.7. The highest BCUT2D eigenvalue weighted by Crippen LogP contribution is 2.31. The van der Waals surface area contributed by atoms with Crippen molar-refractivity contribution in [3.05, 3.63) is 17.8 Å². The lowest BCUT2D eigenvalue weighted by Crippen LogP contribution is -2.39. The van der Waals surface area contributed by atoms with Gasteiger partial charge in [0, 0.05) is 13.5 Å². The number of hydroxylamine groups is 1. The number of nitrogens with one attached hydrogen (secondary N) is 2. The van der Waals surface area contributed by atoms with Crippen LogP contribution >= 0.6 is 0 Å². The molecule has 3 rings (SSSR count). The number of carboxylic acid groups (broad SMARTS) is 1. The molecule has 4 N–H and O–H groups in total. The molecule has 0 bridgehead atoms. The van der Waals surface area contributed by atoms with E-state index in [1.165, 1.54) is 4.68 Å². The lowest BCUT2D eigenvalue weighted by atomic mass is 9.87. The van der Waals surface area contributed by atoms with Gasteiger partial charge in [0.15, 0.2) is 11.5 Å². The van der Waals surface area contributed by atoms with Gasteiger partial charge in [-0.3, -0.25) is 20.1 Å². The number of hydrogen-bond acceptors (Lipinski definition) is 8. The number of nitrogens with zero attached hydrogens (tertiary/aromatic N) is 5. The number of aliphatic imine (C=N–C) groups is 1. The molecule has 0 spiro atoms. The summed E-state index contributed by atoms with van der Waals surface area (Å²) in [5.74, 6) is -0.730. The average molecular weight is 474 g/mol. The molecule has 2 aromatic rings. The molecule has 12 nitrogen and oxygen atoms in total. The Morgan fingerprint density at radius 2 is 2.12 bits per heavy atom. The normalized spacial score (nSPS) is 18.4. The molecule has 0 aromatic carbocycles. The number of aryl methyl sites for hydroxylation is 2. The van der Waals surface area contributed by atoms with Crippen LogP contribution < -0.4 is 15.5 Å². The first-order chi connectivity index (χ1) is 16.3. The molecule has 1 amide bonds. The first-order valence-electron chi connectivity index (χ1n) is 11.4. The first kappa shape index (κ1) is 25.1. The molecule has 1 aliphatic carbocycles. The standard InChI is InChI=1S/C22H31N7O5/c1-4-5-9-18(30)24-22(27-33)25-20-19(26-28-29(20)3)16-10-11-17(13(2)23-16)34-15-8-6-7-14(12-15)21(31)32/h10-11,14-15,33H,4-9,12H2,1-3H3,(H,31,32)(H2,24,25,27,30)/t14-,15-/m0/s1. The molecule has 2 heterocycles. The Labute approximate surface area is 197 Å². The predicted molar refractivity (Wildman–Crippen MR) is 123 cm³/mol. The number of carboxylic acids is 1. The molecule has 184 valence electrons. The van der Waals surface area contributed by atoms with Crippen molar-refractivity contribution in [3.63, 3.8) is 0 Å². The lowest BCUT2D eigenvalue weighted by molar-refractivity contribution is -0.143. The van der Waals surface area contributed by atoms with Crippen molar-refractivity contribution in [1.29, 1.82) is 0 Å². The number of aliphatic carboxylic acids is 1. The van der Waals surface area contributed by atoms with Crippen LogP contribution in [-0.2, 0) is 16.6 Å². The molecule has 1 aliphatic rings. The maximum Gasteiger partial charge on any atom is 0.306 e. The van der Waals surface area contributed by atoms with Gasteiger partial charge in [-0.15, -0.1) is 5.10 Å². The van der Waals surface area contributed by atoms with Crippen LogP contribution in [-0.4, -0.2) is 54.2 Å². The highest BCUT2D eigenvalue weighted by atomic mass is 16.5. The smallest absolute Gasteiger partial charge is 0.306 e. The molecule has 1 fully saturated rings. The molecule has 12 heteroatoms. The molecule has 0 radical (unpaired) electrons. The van der Waals surface area contributed by atoms with Gasteiger partial charge >= 0.3 is 5.97 Å². The van der Waals surface area contributed by atoms with Crippen molar-refractivity contribution in [1.82, 2.24) is 30.8 Å². The molecule has 2 aromatic heterocycles. The van der Waals surface area contributed by atoms with E-state index in [2.05, 4.69) is 25.6 Å². The van der Waals surface area contributed by atoms with Gasteiger partial charge in [-0.1, -0.05) is 18.6 Å². The third kappa shape index (κ3) is 6.28. The SMILES string of the molecule is CCCCC(=O)NC(=Nc1c(-c2ccc(O[C@H]3CCC[C@H](C(=O)O)C3)c(C)n2)nnn1C)NO. The predicted octanol–water partition coefficient (Wildman–Crippen LogP) is 2.48. The third-order valence-electron chi connectivity index (χ3n) is 5.68. The fourth-order valence-electron chi connectivity index (χ4n) is 3.82. The highest BCUT2D eigenvalue weighted by Gasteiger charge is 2.28. The average Bonchev–Trinajstić information content (AvgIpc) is 3.18. The number of rotatable bonds is 8. The topological polar surface area (TPSA) is 164 Å². The maximum absolute atomic E-state index is 12.0. The number of carbonyl (C=O) groups excluding carboxylic acids is 1. The van der Waals surface area contributed by atoms with Gasteiger partial charge in [0.05, 0.1) is 23.4 Å². The number of hydrogen-bond donors (Lipinski definition) is 4. The van der Waals surface area contributed by atoms with Gasteiger partial charge < -0.3 is 9.84 Å². The molecule has 0 aliphatic heterocycles. The second kappa shape index (κ2) is 11.5. The van der Waals surface area contributed by atoms with E-state index < -0.39 is 5.97 Å². The van der Waals surface area contributed by atoms with Crippen LogP contribution in [0.2, 0.25) is 0 Å². The number of unbranched alkanes of at least 4 members (excludes halogenated alkanes) is 1. The van der Waals surface area contributed by atoms with E-state index in [1.54, 1.807) is 26.1 Å². The van der Waals surface area contributed by atoms with E-state index in [9.17, 15) is 19.9 Å². The molecular weight excluding hydrogens is 442 g/mol. The Hall–Kier alpha value is -3.54. The molecule has 2 atom stereocenters. The van der Waals surface area contributed by atoms with E-state index >= 15 is 0 Å². The van der Waals surface area contributed by atoms with Crippen LogP contribution in [0.15, 0.2) is 17.1 Å². The van der Waals surface area contributed by atoms with Crippen LogP contribution in [0.25, 0.3) is 11.4 Å². The van der Waals surface area contributed by atoms with Gasteiger partial charge in [0.25, 0.3) is 0 Å². The zero-order valence-corrected chi connectivity index (χ0v) is 19.6. The summed E-state index contributed by atoms with van der Waals surface area (Å²) in [6, 6.07) is 3.48. The van der Waals surface area contributed by atoms with Gasteiger partial charge in [-0.05, 0) is 51.2 Å². The van der Waals surface area contributed by atoms with Crippen molar-refractivity contribution in [2.45, 2.75) is 64.9 Å². The fraction of sp³-hybridized carbons (Fsp3) is 0.545. The lowest BCUT2D eigenvalue weighted by Gasteiger charge is -2.27. The summed E-state index contributed by atoms with van der Waals surface area (Å²) in [5.41, 5.74) is 3.35. The number of guanidine groups is 1. The van der Waals surface area contributed by atoms with Gasteiger partial charge in [-0.2, -0.15) is 4.99 Å². The summed E-state index contributed by atoms with van der Waals surface area (Å²) in [7, 11) is 1.63. The summed E-state index contributed by atoms with van der Waals surface area (Å²) in [6.07, 6.45) is 4.48. The van der Waals surface area contributed by atoms with Crippen molar-refractivity contribution in [2.75, 3.05) is 0 Å². The van der Waals surface area contributed by atoms with Crippen LogP contribution in [0.1, 0.15) is 57.6 Å². The molecule has 34 heavy (non-hydrogen) atoms. The summed E-state index contributed by atoms with van der Waals surface area (Å²) in [6.45, 7) is 3.78. The van der Waals surface area contributed by atoms with E-state index in [0.29, 0.717) is 42.1 Å². The minimum Gasteiger partial charge on any atom is -0.489 e. The fourth-order valence-corrected chi connectivity index (χ4v) is 3.82. The molecule has 0 saturated heterocycles. The van der Waals surface area contributed by atoms with Crippen LogP contribution in [0.5, 0.6) is 5.75 Å². The maximum atomic E-state index is 12.0. The Bertz CT molecular complexity index is 1050. The Kier molecular flexibility index (Phi) is 8.52. The van der Waals surface area contributed by atoms with Gasteiger partial charge in [-0.25, -0.2) is 15.1 Å². The van der Waals surface area contributed by atoms with E-state index in [1.807, 2.05) is 12.4 Å². The van der Waals surface area contributed by atoms with Crippen molar-refractivity contribution in [3.8, 4) is 17.1 Å². The number of carbonyl (C=O) groups is 2. The first-order valence-corrected chi connectivity index (χ1v) is 11.4. The monoisotopic (exact) mass is 473 g/mol. The Morgan fingerprint density at radius 3 is 2.79 bits per heavy atom. The largest absolute Gasteiger partial charge is 0.489 e. The van der Waals surface area contributed by atoms with E-state index in [4.69, 9.17) is 4.74 Å². The van der Waals surface area contributed by atoms with Crippen LogP contribution in [0, 0.1) is 12.8 Å². The quantitative estimate of drug-likeness (QED) is 0.256. The second-order valence-electron chi connectivity index (χ2n) is 8.33. The van der Waals surface area contributed by atoms with Gasteiger partial charge in [0.2, 0.25) is 11.9 Å². The summed E-state index contributed by atoms with van der Waals surface area (Å²) < 4.78 is 7.47. The van der Waals surface area contributed by atoms with E-state index in [-0.39, 0.29) is 29.7 Å². The van der Waals surface area contributed by atoms with Gasteiger partial charge in [0.1, 0.15) is 5.75 Å². The highest BCUT2D eigenvalue weighted by molar-refractivity contribution is 5.97. The number of aromatic nitrogens is 4. The van der Waals surface area contributed by atoms with Crippen LogP contribution in [0.3, 0.4) is 0 Å². The third-order valence-corrected chi connectivity index (χ3v) is 5.68. The summed E-state index contributed by atoms with van der Waals surface area (Å²) in [4.78, 5) is 32.2. The Balaban J connectivity index is 1.79. The second-order valence-corrected chi connectivity index (χ2v) is 8.33. The van der Waals surface area contributed by atoms with E-state index in [0.717, 1.165) is 25.7 Å². The van der Waals surface area contributed by atoms with Crippen molar-refractivity contribution < 1.29 is 24.6 Å². The van der Waals surface area contributed by atoms with Crippen LogP contribution in [0.4, 0.5) is 5.82 Å². The molecule has 1 saturated carbocycles. The summed E-state index contributed by atoms with van der Waals surface area (Å²) in [5, 5.41) is 29.4. The molecular formula is C22H31N7O5. The number of ether oxygens (including phenoxy) is 1. The zero-order valence-electron chi connectivity index (χ0n) is 19.6. The minimum absolute atomic E-state index is 0.144. The summed E-state index contributed by atoms with van der Waals surface area (Å²) >= 11 is 0. The Morgan fingerprint density at radius 1 is 1.32 bits per heavy atom. The number of amides is 1.